The second-order valence-electron chi connectivity index (χ2n) is 5.30. The molecule has 0 saturated carbocycles. The number of amides is 1. The molecular weight excluding hydrogens is 306 g/mol. The van der Waals surface area contributed by atoms with Gasteiger partial charge in [-0.15, -0.1) is 0 Å². The van der Waals surface area contributed by atoms with Crippen molar-refractivity contribution in [1.29, 1.82) is 10.5 Å². The van der Waals surface area contributed by atoms with Crippen molar-refractivity contribution in [2.45, 2.75) is 19.8 Å². The summed E-state index contributed by atoms with van der Waals surface area (Å²) in [5, 5.41) is 17.6. The minimum Gasteiger partial charge on any atom is -0.490 e. The number of hydrogen-bond acceptors (Lipinski definition) is 5. The minimum absolute atomic E-state index is 0.00956. The number of nitriles is 2. The fourth-order valence-electron chi connectivity index (χ4n) is 2.46. The predicted octanol–water partition coefficient (Wildman–Crippen LogP) is 2.52. The monoisotopic (exact) mass is 325 g/mol. The maximum atomic E-state index is 12.1. The third-order valence-corrected chi connectivity index (χ3v) is 3.63. The minimum atomic E-state index is -0.0323. The number of hydrogen-bond donors (Lipinski definition) is 0. The van der Waals surface area contributed by atoms with Crippen LogP contribution in [0.3, 0.4) is 0 Å². The summed E-state index contributed by atoms with van der Waals surface area (Å²) >= 11 is 0. The smallest absolute Gasteiger partial charge is 0.260 e. The molecule has 0 aromatic heterocycles. The summed E-state index contributed by atoms with van der Waals surface area (Å²) in [7, 11) is 0. The lowest BCUT2D eigenvalue weighted by molar-refractivity contribution is -0.132. The zero-order chi connectivity index (χ0) is 17.4. The standard InChI is InChI=1S/C18H19N3O3/c1-2-23-17-10-14(9-15(11-19)12-20)5-6-16(17)24-13-18(22)21-7-3-4-8-21/h5-6,9-10H,2-4,7-8,13H2,1H3. The highest BCUT2D eigenvalue weighted by Crippen LogP contribution is 2.29. The van der Waals surface area contributed by atoms with Gasteiger partial charge in [0.25, 0.3) is 5.91 Å². The third-order valence-electron chi connectivity index (χ3n) is 3.63. The Morgan fingerprint density at radius 2 is 1.92 bits per heavy atom. The Kier molecular flexibility index (Phi) is 6.22. The molecule has 1 aromatic rings. The Morgan fingerprint density at radius 1 is 1.21 bits per heavy atom. The Labute approximate surface area is 141 Å². The molecule has 0 spiro atoms. The van der Waals surface area contributed by atoms with Gasteiger partial charge in [0, 0.05) is 13.1 Å². The van der Waals surface area contributed by atoms with E-state index in [0.29, 0.717) is 23.7 Å². The summed E-state index contributed by atoms with van der Waals surface area (Å²) in [6.07, 6.45) is 3.55. The molecule has 124 valence electrons. The van der Waals surface area contributed by atoms with E-state index in [4.69, 9.17) is 20.0 Å². The van der Waals surface area contributed by atoms with Gasteiger partial charge in [0.15, 0.2) is 18.1 Å². The van der Waals surface area contributed by atoms with E-state index in [-0.39, 0.29) is 18.1 Å². The van der Waals surface area contributed by atoms with Gasteiger partial charge in [0.1, 0.15) is 17.7 Å². The lowest BCUT2D eigenvalue weighted by Gasteiger charge is -2.17. The van der Waals surface area contributed by atoms with E-state index in [1.807, 2.05) is 19.1 Å². The van der Waals surface area contributed by atoms with Crippen molar-refractivity contribution in [3.8, 4) is 23.6 Å². The molecule has 2 rings (SSSR count). The first kappa shape index (κ1) is 17.4. The normalized spacial score (nSPS) is 12.9. The van der Waals surface area contributed by atoms with Crippen LogP contribution < -0.4 is 9.47 Å². The van der Waals surface area contributed by atoms with E-state index in [1.54, 1.807) is 23.1 Å². The second kappa shape index (κ2) is 8.59. The zero-order valence-electron chi connectivity index (χ0n) is 13.6. The van der Waals surface area contributed by atoms with Gasteiger partial charge in [-0.25, -0.2) is 0 Å². The molecule has 1 amide bonds. The van der Waals surface area contributed by atoms with Crippen LogP contribution in [0.15, 0.2) is 23.8 Å². The molecule has 0 atom stereocenters. The molecular formula is C18H19N3O3. The first-order chi connectivity index (χ1) is 11.7. The first-order valence-electron chi connectivity index (χ1n) is 7.87. The van der Waals surface area contributed by atoms with E-state index >= 15 is 0 Å². The maximum absolute atomic E-state index is 12.1. The highest BCUT2D eigenvalue weighted by Gasteiger charge is 2.18. The molecule has 6 nitrogen and oxygen atoms in total. The van der Waals surface area contributed by atoms with Crippen LogP contribution in [0.2, 0.25) is 0 Å². The fourth-order valence-corrected chi connectivity index (χ4v) is 2.46. The van der Waals surface area contributed by atoms with E-state index in [1.165, 1.54) is 6.08 Å². The van der Waals surface area contributed by atoms with Crippen LogP contribution in [-0.2, 0) is 4.79 Å². The number of rotatable bonds is 6. The summed E-state index contributed by atoms with van der Waals surface area (Å²) < 4.78 is 11.1. The van der Waals surface area contributed by atoms with E-state index in [0.717, 1.165) is 25.9 Å². The number of ether oxygens (including phenoxy) is 2. The average Bonchev–Trinajstić information content (AvgIpc) is 3.13. The number of carbonyl (C=O) groups is 1. The molecule has 1 aliphatic heterocycles. The number of benzene rings is 1. The Balaban J connectivity index is 2.11. The van der Waals surface area contributed by atoms with Crippen LogP contribution in [0.1, 0.15) is 25.3 Å². The van der Waals surface area contributed by atoms with Crippen molar-refractivity contribution in [2.24, 2.45) is 0 Å². The van der Waals surface area contributed by atoms with Crippen molar-refractivity contribution in [3.63, 3.8) is 0 Å². The van der Waals surface area contributed by atoms with Gasteiger partial charge in [0.05, 0.1) is 6.61 Å². The summed E-state index contributed by atoms with van der Waals surface area (Å²) in [6.45, 7) is 3.83. The third kappa shape index (κ3) is 4.50. The average molecular weight is 325 g/mol. The molecule has 0 N–H and O–H groups in total. The van der Waals surface area contributed by atoms with E-state index in [9.17, 15) is 4.79 Å². The fraction of sp³-hybridized carbons (Fsp3) is 0.389. The summed E-state index contributed by atoms with van der Waals surface area (Å²) in [5.74, 6) is 0.919. The van der Waals surface area contributed by atoms with E-state index in [2.05, 4.69) is 0 Å². The molecule has 0 unspecified atom stereocenters. The number of nitrogens with zero attached hydrogens (tertiary/aromatic N) is 3. The number of carbonyl (C=O) groups excluding carboxylic acids is 1. The summed E-state index contributed by atoms with van der Waals surface area (Å²) in [6, 6.07) is 8.72. The van der Waals surface area contributed by atoms with Crippen LogP contribution in [0, 0.1) is 22.7 Å². The molecule has 0 bridgehead atoms. The molecule has 6 heteroatoms. The Hall–Kier alpha value is -2.99. The van der Waals surface area contributed by atoms with Crippen LogP contribution in [0.5, 0.6) is 11.5 Å². The van der Waals surface area contributed by atoms with Crippen LogP contribution in [-0.4, -0.2) is 37.1 Å². The Morgan fingerprint density at radius 3 is 2.54 bits per heavy atom. The summed E-state index contributed by atoms with van der Waals surface area (Å²) in [5.41, 5.74) is 0.671. The molecule has 0 radical (unpaired) electrons. The van der Waals surface area contributed by atoms with Crippen molar-refractivity contribution in [1.82, 2.24) is 4.90 Å². The Bertz CT molecular complexity index is 691. The van der Waals surface area contributed by atoms with Gasteiger partial charge in [-0.05, 0) is 43.5 Å². The van der Waals surface area contributed by atoms with Crippen molar-refractivity contribution in [2.75, 3.05) is 26.3 Å². The highest BCUT2D eigenvalue weighted by atomic mass is 16.5. The second-order valence-corrected chi connectivity index (χ2v) is 5.30. The molecule has 1 aliphatic rings. The van der Waals surface area contributed by atoms with Gasteiger partial charge in [-0.2, -0.15) is 10.5 Å². The topological polar surface area (TPSA) is 86.3 Å². The first-order valence-corrected chi connectivity index (χ1v) is 7.87. The molecule has 1 saturated heterocycles. The van der Waals surface area contributed by atoms with Crippen molar-refractivity contribution in [3.05, 3.63) is 29.3 Å². The SMILES string of the molecule is CCOc1cc(C=C(C#N)C#N)ccc1OCC(=O)N1CCCC1. The van der Waals surface area contributed by atoms with E-state index < -0.39 is 0 Å². The van der Waals surface area contributed by atoms with Gasteiger partial charge in [0.2, 0.25) is 0 Å². The lowest BCUT2D eigenvalue weighted by atomic mass is 10.1. The molecule has 1 fully saturated rings. The van der Waals surface area contributed by atoms with Crippen molar-refractivity contribution < 1.29 is 14.3 Å². The molecule has 1 aromatic carbocycles. The summed E-state index contributed by atoms with van der Waals surface area (Å²) in [4.78, 5) is 13.9. The van der Waals surface area contributed by atoms with Crippen molar-refractivity contribution >= 4 is 12.0 Å². The predicted molar refractivity (Wildman–Crippen MR) is 88.1 cm³/mol. The maximum Gasteiger partial charge on any atom is 0.260 e. The molecule has 0 aliphatic carbocycles. The largest absolute Gasteiger partial charge is 0.490 e. The van der Waals surface area contributed by atoms with Crippen LogP contribution in [0.25, 0.3) is 6.08 Å². The number of likely N-dealkylation sites (tertiary alicyclic amines) is 1. The van der Waals surface area contributed by atoms with Gasteiger partial charge < -0.3 is 14.4 Å². The highest BCUT2D eigenvalue weighted by molar-refractivity contribution is 5.78. The van der Waals surface area contributed by atoms with Crippen LogP contribution >= 0.6 is 0 Å². The quantitative estimate of drug-likeness (QED) is 0.750. The van der Waals surface area contributed by atoms with Gasteiger partial charge in [-0.3, -0.25) is 4.79 Å². The lowest BCUT2D eigenvalue weighted by Crippen LogP contribution is -2.32. The zero-order valence-corrected chi connectivity index (χ0v) is 13.6. The molecule has 24 heavy (non-hydrogen) atoms. The molecule has 1 heterocycles. The van der Waals surface area contributed by atoms with Gasteiger partial charge >= 0.3 is 0 Å². The van der Waals surface area contributed by atoms with Gasteiger partial charge in [-0.1, -0.05) is 6.07 Å². The number of allylic oxidation sites excluding steroid dienone is 1. The van der Waals surface area contributed by atoms with Crippen LogP contribution in [0.4, 0.5) is 0 Å².